The second-order valence-electron chi connectivity index (χ2n) is 6.15. The Hall–Kier alpha value is -2.00. The van der Waals surface area contributed by atoms with E-state index in [9.17, 15) is 0 Å². The molecule has 0 aromatic heterocycles. The third-order valence-corrected chi connectivity index (χ3v) is 3.60. The van der Waals surface area contributed by atoms with Crippen LogP contribution in [0.2, 0.25) is 0 Å². The molecule has 2 aromatic carbocycles. The Balaban J connectivity index is 1.65. The van der Waals surface area contributed by atoms with Crippen molar-refractivity contribution in [3.05, 3.63) is 60.2 Å². The number of anilines is 1. The van der Waals surface area contributed by atoms with Crippen LogP contribution < -0.4 is 15.4 Å². The number of benzene rings is 2. The molecule has 2 rings (SSSR count). The van der Waals surface area contributed by atoms with Crippen LogP contribution in [-0.2, 0) is 6.54 Å². The molecule has 23 heavy (non-hydrogen) atoms. The predicted octanol–water partition coefficient (Wildman–Crippen LogP) is 4.31. The van der Waals surface area contributed by atoms with Crippen molar-refractivity contribution in [2.45, 2.75) is 26.8 Å². The van der Waals surface area contributed by atoms with Gasteiger partial charge in [-0.3, -0.25) is 0 Å². The van der Waals surface area contributed by atoms with Crippen molar-refractivity contribution in [3.8, 4) is 5.75 Å². The minimum absolute atomic E-state index is 0.673. The van der Waals surface area contributed by atoms with E-state index in [1.165, 1.54) is 5.56 Å². The van der Waals surface area contributed by atoms with Gasteiger partial charge in [-0.25, -0.2) is 0 Å². The normalized spacial score (nSPS) is 10.7. The molecule has 0 radical (unpaired) electrons. The van der Waals surface area contributed by atoms with Crippen molar-refractivity contribution in [3.63, 3.8) is 0 Å². The van der Waals surface area contributed by atoms with Crippen LogP contribution in [0.15, 0.2) is 54.6 Å². The van der Waals surface area contributed by atoms with Crippen molar-refractivity contribution in [2.75, 3.05) is 25.0 Å². The van der Waals surface area contributed by atoms with Crippen LogP contribution in [0.3, 0.4) is 0 Å². The summed E-state index contributed by atoms with van der Waals surface area (Å²) in [5.74, 6) is 1.61. The van der Waals surface area contributed by atoms with E-state index in [1.54, 1.807) is 0 Å². The molecule has 2 N–H and O–H groups in total. The van der Waals surface area contributed by atoms with Crippen molar-refractivity contribution in [1.29, 1.82) is 0 Å². The van der Waals surface area contributed by atoms with Crippen molar-refractivity contribution >= 4 is 5.69 Å². The molecule has 0 bridgehead atoms. The lowest BCUT2D eigenvalue weighted by molar-refractivity contribution is 0.289. The zero-order valence-corrected chi connectivity index (χ0v) is 14.2. The molecule has 2 aromatic rings. The molecule has 3 heteroatoms. The van der Waals surface area contributed by atoms with E-state index in [0.29, 0.717) is 5.92 Å². The maximum atomic E-state index is 5.79. The molecule has 0 spiro atoms. The molecule has 0 fully saturated rings. The zero-order chi connectivity index (χ0) is 16.3. The summed E-state index contributed by atoms with van der Waals surface area (Å²) in [5.41, 5.74) is 2.42. The Morgan fingerprint density at radius 2 is 1.78 bits per heavy atom. The fraction of sp³-hybridized carbons (Fsp3) is 0.400. The average Bonchev–Trinajstić information content (AvgIpc) is 2.56. The Bertz CT molecular complexity index is 555. The number of hydrogen-bond acceptors (Lipinski definition) is 3. The number of hydrogen-bond donors (Lipinski definition) is 2. The third kappa shape index (κ3) is 7.20. The number of rotatable bonds is 10. The van der Waals surface area contributed by atoms with Crippen LogP contribution in [-0.4, -0.2) is 19.7 Å². The first-order valence-electron chi connectivity index (χ1n) is 8.45. The van der Waals surface area contributed by atoms with Gasteiger partial charge in [-0.1, -0.05) is 50.2 Å². The maximum Gasteiger partial charge on any atom is 0.121 e. The third-order valence-electron chi connectivity index (χ3n) is 3.60. The summed E-state index contributed by atoms with van der Waals surface area (Å²) in [6.45, 7) is 7.92. The van der Waals surface area contributed by atoms with Gasteiger partial charge in [-0.15, -0.1) is 0 Å². The molecule has 0 saturated heterocycles. The van der Waals surface area contributed by atoms with E-state index in [4.69, 9.17) is 4.74 Å². The summed E-state index contributed by atoms with van der Waals surface area (Å²) in [4.78, 5) is 0. The van der Waals surface area contributed by atoms with Gasteiger partial charge in [0.2, 0.25) is 0 Å². The van der Waals surface area contributed by atoms with Crippen molar-refractivity contribution in [1.82, 2.24) is 5.32 Å². The van der Waals surface area contributed by atoms with Crippen LogP contribution in [0, 0.1) is 5.92 Å². The average molecular weight is 312 g/mol. The predicted molar refractivity (Wildman–Crippen MR) is 98.0 cm³/mol. The second kappa shape index (κ2) is 9.90. The standard InChI is InChI=1S/C20H28N2O/c1-17(2)11-14-23-20-10-6-9-19(15-20)22-13-12-21-16-18-7-4-3-5-8-18/h3-10,15,17,21-22H,11-14,16H2,1-2H3. The van der Waals surface area contributed by atoms with Crippen LogP contribution >= 0.6 is 0 Å². The van der Waals surface area contributed by atoms with Gasteiger partial charge in [0.15, 0.2) is 0 Å². The van der Waals surface area contributed by atoms with E-state index in [1.807, 2.05) is 18.2 Å². The lowest BCUT2D eigenvalue weighted by Gasteiger charge is -2.11. The molecule has 124 valence electrons. The number of nitrogens with one attached hydrogen (secondary N) is 2. The smallest absolute Gasteiger partial charge is 0.121 e. The summed E-state index contributed by atoms with van der Waals surface area (Å²) < 4.78 is 5.79. The lowest BCUT2D eigenvalue weighted by Crippen LogP contribution is -2.21. The first kappa shape index (κ1) is 17.4. The number of ether oxygens (including phenoxy) is 1. The topological polar surface area (TPSA) is 33.3 Å². The van der Waals surface area contributed by atoms with Gasteiger partial charge in [-0.05, 0) is 30.0 Å². The second-order valence-corrected chi connectivity index (χ2v) is 6.15. The minimum Gasteiger partial charge on any atom is -0.494 e. The van der Waals surface area contributed by atoms with E-state index >= 15 is 0 Å². The molecule has 0 heterocycles. The van der Waals surface area contributed by atoms with Crippen molar-refractivity contribution < 1.29 is 4.74 Å². The summed E-state index contributed by atoms with van der Waals surface area (Å²) in [5, 5.41) is 6.87. The molecule has 0 amide bonds. The Labute approximate surface area is 140 Å². The lowest BCUT2D eigenvalue weighted by atomic mass is 10.1. The molecule has 3 nitrogen and oxygen atoms in total. The molecule has 0 atom stereocenters. The molecule has 0 aliphatic carbocycles. The SMILES string of the molecule is CC(C)CCOc1cccc(NCCNCc2ccccc2)c1. The van der Waals surface area contributed by atoms with E-state index in [2.05, 4.69) is 60.9 Å². The maximum absolute atomic E-state index is 5.79. The largest absolute Gasteiger partial charge is 0.494 e. The highest BCUT2D eigenvalue weighted by Crippen LogP contribution is 2.17. The van der Waals surface area contributed by atoms with Crippen LogP contribution in [0.1, 0.15) is 25.8 Å². The molecule has 0 saturated carbocycles. The van der Waals surface area contributed by atoms with Crippen LogP contribution in [0.25, 0.3) is 0 Å². The van der Waals surface area contributed by atoms with Gasteiger partial charge in [-0.2, -0.15) is 0 Å². The van der Waals surface area contributed by atoms with E-state index in [-0.39, 0.29) is 0 Å². The van der Waals surface area contributed by atoms with Crippen LogP contribution in [0.5, 0.6) is 5.75 Å². The Morgan fingerprint density at radius 1 is 0.957 bits per heavy atom. The van der Waals surface area contributed by atoms with Gasteiger partial charge in [0.1, 0.15) is 5.75 Å². The van der Waals surface area contributed by atoms with Crippen molar-refractivity contribution in [2.24, 2.45) is 5.92 Å². The van der Waals surface area contributed by atoms with Gasteiger partial charge in [0, 0.05) is 31.4 Å². The monoisotopic (exact) mass is 312 g/mol. The summed E-state index contributed by atoms with van der Waals surface area (Å²) in [6, 6.07) is 18.6. The highest BCUT2D eigenvalue weighted by molar-refractivity contribution is 5.48. The molecule has 0 aliphatic heterocycles. The van der Waals surface area contributed by atoms with Gasteiger partial charge in [0.25, 0.3) is 0 Å². The summed E-state index contributed by atoms with van der Waals surface area (Å²) in [7, 11) is 0. The minimum atomic E-state index is 0.673. The highest BCUT2D eigenvalue weighted by Gasteiger charge is 1.99. The quantitative estimate of drug-likeness (QED) is 0.641. The van der Waals surface area contributed by atoms with Gasteiger partial charge in [0.05, 0.1) is 6.61 Å². The summed E-state index contributed by atoms with van der Waals surface area (Å²) >= 11 is 0. The highest BCUT2D eigenvalue weighted by atomic mass is 16.5. The van der Waals surface area contributed by atoms with E-state index < -0.39 is 0 Å². The summed E-state index contributed by atoms with van der Waals surface area (Å²) in [6.07, 6.45) is 1.08. The zero-order valence-electron chi connectivity index (χ0n) is 14.2. The van der Waals surface area contributed by atoms with E-state index in [0.717, 1.165) is 44.1 Å². The first-order chi connectivity index (χ1) is 11.2. The first-order valence-corrected chi connectivity index (χ1v) is 8.45. The van der Waals surface area contributed by atoms with Gasteiger partial charge < -0.3 is 15.4 Å². The fourth-order valence-electron chi connectivity index (χ4n) is 2.23. The molecule has 0 unspecified atom stereocenters. The van der Waals surface area contributed by atoms with Crippen LogP contribution in [0.4, 0.5) is 5.69 Å². The molecule has 0 aliphatic rings. The Kier molecular flexibility index (Phi) is 7.47. The fourth-order valence-corrected chi connectivity index (χ4v) is 2.23. The Morgan fingerprint density at radius 3 is 2.57 bits per heavy atom. The molecular formula is C20H28N2O. The molecular weight excluding hydrogens is 284 g/mol. The van der Waals surface area contributed by atoms with Gasteiger partial charge >= 0.3 is 0 Å².